The maximum absolute atomic E-state index is 5.33. The zero-order chi connectivity index (χ0) is 40.7. The van der Waals surface area contributed by atoms with Crippen LogP contribution >= 0.6 is 0 Å². The molecule has 5 heteroatoms. The van der Waals surface area contributed by atoms with Crippen LogP contribution in [0.5, 0.6) is 0 Å². The van der Waals surface area contributed by atoms with E-state index in [9.17, 15) is 0 Å². The van der Waals surface area contributed by atoms with Crippen LogP contribution in [0.1, 0.15) is 17.7 Å². The van der Waals surface area contributed by atoms with Crippen LogP contribution < -0.4 is 0 Å². The second kappa shape index (κ2) is 13.7. The lowest BCUT2D eigenvalue weighted by Gasteiger charge is -2.15. The molecule has 0 aliphatic heterocycles. The van der Waals surface area contributed by atoms with Gasteiger partial charge in [0.05, 0.1) is 16.6 Å². The van der Waals surface area contributed by atoms with Gasteiger partial charge in [-0.05, 0) is 104 Å². The summed E-state index contributed by atoms with van der Waals surface area (Å²) in [4.78, 5) is 15.7. The van der Waals surface area contributed by atoms with Crippen molar-refractivity contribution in [3.05, 3.63) is 205 Å². The smallest absolute Gasteiger partial charge is 0.238 e. The van der Waals surface area contributed by atoms with E-state index in [1.165, 1.54) is 54.5 Å². The van der Waals surface area contributed by atoms with Gasteiger partial charge >= 0.3 is 0 Å². The first-order valence-electron chi connectivity index (χ1n) is 21.3. The third kappa shape index (κ3) is 5.31. The summed E-state index contributed by atoms with van der Waals surface area (Å²) >= 11 is 0. The zero-order valence-corrected chi connectivity index (χ0v) is 33.7. The molecule has 0 N–H and O–H groups in total. The fraction of sp³-hybridized carbons (Fsp3) is 0.0351. The number of nitrogens with zero attached hydrogens (tertiary/aromatic N) is 5. The molecular weight excluding hydrogens is 755 g/mol. The van der Waals surface area contributed by atoms with Gasteiger partial charge in [-0.3, -0.25) is 4.57 Å². The van der Waals surface area contributed by atoms with Crippen LogP contribution in [0.25, 0.3) is 117 Å². The number of hydrogen-bond acceptors (Lipinski definition) is 3. The van der Waals surface area contributed by atoms with E-state index in [2.05, 4.69) is 185 Å². The normalized spacial score (nSPS) is 12.6. The summed E-state index contributed by atoms with van der Waals surface area (Å²) in [7, 11) is 0. The average molecular weight is 792 g/mol. The molecule has 13 rings (SSSR count). The Labute approximate surface area is 357 Å². The molecule has 0 radical (unpaired) electrons. The third-order valence-corrected chi connectivity index (χ3v) is 12.8. The Hall–Kier alpha value is -8.15. The second-order valence-electron chi connectivity index (χ2n) is 16.3. The molecule has 1 aliphatic rings. The van der Waals surface area contributed by atoms with E-state index >= 15 is 0 Å². The summed E-state index contributed by atoms with van der Waals surface area (Å²) in [5.41, 5.74) is 11.2. The molecule has 0 amide bonds. The van der Waals surface area contributed by atoms with Gasteiger partial charge in [-0.2, -0.15) is 9.97 Å². The van der Waals surface area contributed by atoms with E-state index in [0.717, 1.165) is 62.6 Å². The van der Waals surface area contributed by atoms with E-state index in [-0.39, 0.29) is 0 Å². The minimum atomic E-state index is 0.589. The van der Waals surface area contributed by atoms with E-state index in [0.29, 0.717) is 17.6 Å². The first-order valence-corrected chi connectivity index (χ1v) is 21.3. The molecule has 0 unspecified atom stereocenters. The maximum Gasteiger partial charge on any atom is 0.238 e. The monoisotopic (exact) mass is 791 g/mol. The van der Waals surface area contributed by atoms with Gasteiger partial charge in [-0.25, -0.2) is 4.98 Å². The number of para-hydroxylation sites is 1. The Morgan fingerprint density at radius 1 is 0.355 bits per heavy atom. The summed E-state index contributed by atoms with van der Waals surface area (Å²) in [5, 5.41) is 11.2. The Morgan fingerprint density at radius 2 is 0.919 bits per heavy atom. The van der Waals surface area contributed by atoms with Gasteiger partial charge in [0.2, 0.25) is 5.95 Å². The quantitative estimate of drug-likeness (QED) is 0.163. The first-order chi connectivity index (χ1) is 30.7. The van der Waals surface area contributed by atoms with Gasteiger partial charge < -0.3 is 4.57 Å². The van der Waals surface area contributed by atoms with E-state index in [1.54, 1.807) is 0 Å². The highest BCUT2D eigenvalue weighted by Gasteiger charge is 2.24. The first kappa shape index (κ1) is 34.7. The number of rotatable bonds is 5. The van der Waals surface area contributed by atoms with Gasteiger partial charge in [0, 0.05) is 38.7 Å². The van der Waals surface area contributed by atoms with Crippen molar-refractivity contribution >= 4 is 71.1 Å². The minimum absolute atomic E-state index is 0.589. The number of hydrogen-bond donors (Lipinski definition) is 0. The van der Waals surface area contributed by atoms with Crippen molar-refractivity contribution in [1.29, 1.82) is 0 Å². The SMILES string of the molecule is C1=Cc2c(c3cc4c(cc3n2-c2ccc3c5ccccc5c5ccccc5c3c2)c2ccccc2n4-c2nc(-c3ccccc3)nc(-c3cccc(-c4ccccc4)c3)n2)CC1. The fourth-order valence-corrected chi connectivity index (χ4v) is 10.0. The van der Waals surface area contributed by atoms with Crippen molar-refractivity contribution < 1.29 is 0 Å². The topological polar surface area (TPSA) is 48.5 Å². The summed E-state index contributed by atoms with van der Waals surface area (Å²) in [6, 6.07) is 67.3. The lowest BCUT2D eigenvalue weighted by Crippen LogP contribution is -2.06. The van der Waals surface area contributed by atoms with E-state index in [1.807, 2.05) is 24.3 Å². The van der Waals surface area contributed by atoms with Crippen LogP contribution in [-0.2, 0) is 6.42 Å². The molecule has 0 saturated heterocycles. The Kier molecular flexibility index (Phi) is 7.66. The minimum Gasteiger partial charge on any atom is -0.310 e. The Balaban J connectivity index is 1.07. The highest BCUT2D eigenvalue weighted by atomic mass is 15.2. The van der Waals surface area contributed by atoms with Crippen molar-refractivity contribution in [3.63, 3.8) is 0 Å². The molecule has 0 spiro atoms. The predicted molar refractivity (Wildman–Crippen MR) is 257 cm³/mol. The zero-order valence-electron chi connectivity index (χ0n) is 33.7. The Morgan fingerprint density at radius 3 is 1.66 bits per heavy atom. The lowest BCUT2D eigenvalue weighted by atomic mass is 9.94. The van der Waals surface area contributed by atoms with Crippen molar-refractivity contribution in [2.75, 3.05) is 0 Å². The van der Waals surface area contributed by atoms with Crippen molar-refractivity contribution in [2.24, 2.45) is 0 Å². The molecule has 5 nitrogen and oxygen atoms in total. The lowest BCUT2D eigenvalue weighted by molar-refractivity contribution is 0.953. The van der Waals surface area contributed by atoms with Crippen molar-refractivity contribution in [3.8, 4) is 45.5 Å². The van der Waals surface area contributed by atoms with Crippen molar-refractivity contribution in [2.45, 2.75) is 12.8 Å². The molecule has 9 aromatic carbocycles. The third-order valence-electron chi connectivity index (χ3n) is 12.8. The van der Waals surface area contributed by atoms with Crippen LogP contribution in [0, 0.1) is 0 Å². The molecule has 3 heterocycles. The van der Waals surface area contributed by atoms with Crippen LogP contribution in [-0.4, -0.2) is 24.1 Å². The number of allylic oxidation sites excluding steroid dienone is 1. The average Bonchev–Trinajstić information content (AvgIpc) is 3.85. The molecule has 0 saturated carbocycles. The molecule has 62 heavy (non-hydrogen) atoms. The van der Waals surface area contributed by atoms with Crippen molar-refractivity contribution in [1.82, 2.24) is 24.1 Å². The molecule has 3 aromatic heterocycles. The molecule has 0 atom stereocenters. The van der Waals surface area contributed by atoms with Gasteiger partial charge in [0.1, 0.15) is 0 Å². The molecule has 1 aliphatic carbocycles. The predicted octanol–water partition coefficient (Wildman–Crippen LogP) is 14.3. The van der Waals surface area contributed by atoms with Crippen LogP contribution in [0.3, 0.4) is 0 Å². The number of aryl methyl sites for hydroxylation is 1. The largest absolute Gasteiger partial charge is 0.310 e. The maximum atomic E-state index is 5.33. The molecular formula is C57H37N5. The fourth-order valence-electron chi connectivity index (χ4n) is 10.0. The van der Waals surface area contributed by atoms with E-state index < -0.39 is 0 Å². The highest BCUT2D eigenvalue weighted by Crippen LogP contribution is 2.42. The summed E-state index contributed by atoms with van der Waals surface area (Å²) < 4.78 is 4.74. The molecule has 12 aromatic rings. The molecule has 290 valence electrons. The van der Waals surface area contributed by atoms with E-state index in [4.69, 9.17) is 15.0 Å². The van der Waals surface area contributed by atoms with Crippen LogP contribution in [0.4, 0.5) is 0 Å². The highest BCUT2D eigenvalue weighted by molar-refractivity contribution is 6.25. The molecule has 0 fully saturated rings. The molecule has 0 bridgehead atoms. The number of fused-ring (bicyclic) bond motifs is 12. The van der Waals surface area contributed by atoms with Gasteiger partial charge in [-0.15, -0.1) is 0 Å². The standard InChI is InChI=1S/C57H37N5/c1-3-16-36(17-4-1)38-20-15-21-39(32-38)56-58-55(37-18-5-2-6-19-37)59-57(60-56)62-52-29-14-12-27-47(52)50-34-53-49(35-54(50)62)46-26-11-13-28-51(46)61(53)40-30-31-45-43-24-8-7-22-41(43)42-23-9-10-25-44(42)48(45)33-40/h1-10,12-25,27-35H,11,26H2. The van der Waals surface area contributed by atoms with Gasteiger partial charge in [0.25, 0.3) is 0 Å². The number of aromatic nitrogens is 5. The summed E-state index contributed by atoms with van der Waals surface area (Å²) in [6.45, 7) is 0. The summed E-state index contributed by atoms with van der Waals surface area (Å²) in [6.07, 6.45) is 6.61. The van der Waals surface area contributed by atoms with Gasteiger partial charge in [0.15, 0.2) is 11.6 Å². The number of benzene rings is 9. The van der Waals surface area contributed by atoms with Crippen LogP contribution in [0.2, 0.25) is 0 Å². The van der Waals surface area contributed by atoms with Crippen LogP contribution in [0.15, 0.2) is 194 Å². The van der Waals surface area contributed by atoms with Gasteiger partial charge in [-0.1, -0.05) is 158 Å². The Bertz CT molecular complexity index is 3770. The summed E-state index contributed by atoms with van der Waals surface area (Å²) in [5.74, 6) is 1.85. The second-order valence-corrected chi connectivity index (χ2v) is 16.3.